The molecule has 5 aliphatic heterocycles. The van der Waals surface area contributed by atoms with Gasteiger partial charge in [-0.2, -0.15) is 27.0 Å². The van der Waals surface area contributed by atoms with Crippen LogP contribution in [0.5, 0.6) is 23.0 Å². The molecule has 2 aromatic carbocycles. The Morgan fingerprint density at radius 3 is 1.56 bits per heavy atom. The van der Waals surface area contributed by atoms with Crippen LogP contribution in [0.25, 0.3) is 0 Å². The number of hydrogen-bond acceptors (Lipinski definition) is 9. The van der Waals surface area contributed by atoms with Crippen molar-refractivity contribution in [2.24, 2.45) is 10.8 Å². The molecule has 14 heteroatoms. The molecule has 0 spiro atoms. The van der Waals surface area contributed by atoms with Crippen molar-refractivity contribution in [2.45, 2.75) is 64.6 Å². The predicted octanol–water partition coefficient (Wildman–Crippen LogP) is 0.777. The van der Waals surface area contributed by atoms with Gasteiger partial charge in [0.05, 0.1) is 0 Å². The smallest absolute Gasteiger partial charge is 1.00 e. The first-order valence-electron chi connectivity index (χ1n) is 18.0. The Morgan fingerprint density at radius 2 is 1.17 bits per heavy atom. The molecule has 52 heavy (non-hydrogen) atoms. The van der Waals surface area contributed by atoms with Crippen LogP contribution < -0.4 is 48.4 Å². The number of para-hydroxylation sites is 4. The van der Waals surface area contributed by atoms with Crippen molar-refractivity contribution in [2.75, 3.05) is 86.3 Å². The number of nitrogens with zero attached hydrogens (tertiary/aromatic N) is 2. The summed E-state index contributed by atoms with van der Waals surface area (Å²) in [5.74, 6) is 3.55. The van der Waals surface area contributed by atoms with E-state index >= 15 is 0 Å². The summed E-state index contributed by atoms with van der Waals surface area (Å²) in [5.41, 5.74) is 0.212. The van der Waals surface area contributed by atoms with Crippen LogP contribution in [-0.4, -0.2) is 132 Å². The van der Waals surface area contributed by atoms with E-state index in [0.29, 0.717) is 18.6 Å². The van der Waals surface area contributed by atoms with Gasteiger partial charge in [-0.1, -0.05) is 38.1 Å². The molecule has 0 aliphatic carbocycles. The van der Waals surface area contributed by atoms with Crippen molar-refractivity contribution in [1.29, 1.82) is 0 Å². The van der Waals surface area contributed by atoms with Crippen LogP contribution in [0.2, 0.25) is 0 Å². The van der Waals surface area contributed by atoms with Crippen LogP contribution in [0.1, 0.15) is 53.8 Å². The number of hydrogen-bond donors (Lipinski definition) is 2. The zero-order chi connectivity index (χ0) is 33.8. The molecule has 5 aliphatic rings. The SMILES string of the molecule is C1CCOC1.CNC(=O)C1(C)CCN(C[C@H]2COc3ccccc3O2)CC1.CNCC1(C)CCN(C[C@H]2COc3ccccc3O2)CC1.S.S.[AlH3].[H-].[Li+]. The molecule has 0 aromatic heterocycles. The van der Waals surface area contributed by atoms with Crippen LogP contribution in [0.4, 0.5) is 0 Å². The molecule has 3 fully saturated rings. The molecule has 2 aromatic rings. The monoisotopic (exact) mass is 772 g/mol. The zero-order valence-corrected chi connectivity index (χ0v) is 33.6. The fraction of sp³-hybridized carbons (Fsp3) is 0.658. The average Bonchev–Trinajstić information content (AvgIpc) is 3.71. The van der Waals surface area contributed by atoms with E-state index in [0.717, 1.165) is 94.9 Å². The molecular formula is C38H66AlLiN4O6S2. The first-order valence-corrected chi connectivity index (χ1v) is 18.0. The summed E-state index contributed by atoms with van der Waals surface area (Å²) in [4.78, 5) is 16.8. The number of piperidine rings is 2. The normalized spacial score (nSPS) is 22.4. The summed E-state index contributed by atoms with van der Waals surface area (Å²) in [6, 6.07) is 15.7. The Balaban J connectivity index is 0.000000830. The standard InChI is InChI=1S/C17H24N2O3.C17H26N2O2.C4H8O.Al.Li.2H2S.4H/c1-17(16(20)18-2)7-9-19(10-8-17)11-13-12-21-14-5-3-4-6-15(14)22-13;1-17(13-18-2)7-9-19(10-8-17)11-14-12-20-15-5-3-4-6-16(15)21-14;1-2-4-5-3-1;;;;;;;;/h3-6,13H,7-12H2,1-2H3,(H,18,20);3-6,14,18H,7-13H2,1-2H3;1-4H2;;;2*1H2;;;;/q;;;;+1;;;;;;-1/t13-;14-;;;;;;;;;/m00........./s1. The minimum absolute atomic E-state index is 0. The van der Waals surface area contributed by atoms with Gasteiger partial charge in [-0.05, 0) is 101 Å². The number of carbonyl (C=O) groups is 1. The van der Waals surface area contributed by atoms with Gasteiger partial charge in [0.25, 0.3) is 0 Å². The molecule has 0 radical (unpaired) electrons. The second-order valence-corrected chi connectivity index (χ2v) is 14.4. The third-order valence-corrected chi connectivity index (χ3v) is 10.3. The summed E-state index contributed by atoms with van der Waals surface area (Å²) in [6.45, 7) is 14.7. The van der Waals surface area contributed by atoms with E-state index in [9.17, 15) is 4.79 Å². The Kier molecular flexibility index (Phi) is 22.8. The number of carbonyl (C=O) groups excluding carboxylic acids is 1. The zero-order valence-electron chi connectivity index (χ0n) is 32.6. The maximum Gasteiger partial charge on any atom is 1.00 e. The van der Waals surface area contributed by atoms with Crippen LogP contribution in [0, 0.1) is 10.8 Å². The quantitative estimate of drug-likeness (QED) is 0.397. The fourth-order valence-corrected chi connectivity index (χ4v) is 7.03. The maximum atomic E-state index is 11.9. The summed E-state index contributed by atoms with van der Waals surface area (Å²) in [5, 5.41) is 6.10. The van der Waals surface area contributed by atoms with Crippen molar-refractivity contribution >= 4 is 50.3 Å². The molecule has 1 amide bonds. The second kappa shape index (κ2) is 24.3. The van der Waals surface area contributed by atoms with Crippen LogP contribution in [-0.2, 0) is 9.53 Å². The summed E-state index contributed by atoms with van der Waals surface area (Å²) >= 11 is 0. The van der Waals surface area contributed by atoms with Crippen molar-refractivity contribution in [3.63, 3.8) is 0 Å². The van der Waals surface area contributed by atoms with Crippen molar-refractivity contribution in [3.05, 3.63) is 48.5 Å². The summed E-state index contributed by atoms with van der Waals surface area (Å²) < 4.78 is 28.6. The number of fused-ring (bicyclic) bond motifs is 2. The van der Waals surface area contributed by atoms with Crippen molar-refractivity contribution < 1.29 is 48.8 Å². The van der Waals surface area contributed by atoms with Gasteiger partial charge in [-0.25, -0.2) is 0 Å². The summed E-state index contributed by atoms with van der Waals surface area (Å²) in [6.07, 6.45) is 7.02. The predicted molar refractivity (Wildman–Crippen MR) is 220 cm³/mol. The van der Waals surface area contributed by atoms with E-state index < -0.39 is 0 Å². The largest absolute Gasteiger partial charge is 1.00 e. The number of likely N-dealkylation sites (tertiary alicyclic amines) is 2. The molecule has 290 valence electrons. The first kappa shape index (κ1) is 48.8. The van der Waals surface area contributed by atoms with Gasteiger partial charge in [0, 0.05) is 45.3 Å². The third-order valence-electron chi connectivity index (χ3n) is 10.3. The van der Waals surface area contributed by atoms with E-state index in [2.05, 4.69) is 34.3 Å². The van der Waals surface area contributed by atoms with Crippen molar-refractivity contribution in [3.8, 4) is 23.0 Å². The van der Waals surface area contributed by atoms with E-state index in [4.69, 9.17) is 23.7 Å². The molecule has 0 unspecified atom stereocenters. The molecule has 3 saturated heterocycles. The van der Waals surface area contributed by atoms with Gasteiger partial charge in [0.1, 0.15) is 25.4 Å². The molecule has 5 heterocycles. The molecule has 10 nitrogen and oxygen atoms in total. The number of rotatable bonds is 7. The van der Waals surface area contributed by atoms with Gasteiger partial charge in [0.2, 0.25) is 5.91 Å². The number of nitrogens with one attached hydrogen (secondary N) is 2. The fourth-order valence-electron chi connectivity index (χ4n) is 7.03. The summed E-state index contributed by atoms with van der Waals surface area (Å²) in [7, 11) is 3.76. The Labute approximate surface area is 350 Å². The van der Waals surface area contributed by atoms with E-state index in [1.54, 1.807) is 7.05 Å². The first-order chi connectivity index (χ1) is 23.3. The van der Waals surface area contributed by atoms with Crippen LogP contribution >= 0.6 is 27.0 Å². The third kappa shape index (κ3) is 14.5. The number of amides is 1. The Bertz CT molecular complexity index is 1300. The Hall–Kier alpha value is -1.22. The van der Waals surface area contributed by atoms with Gasteiger partial charge in [0.15, 0.2) is 40.4 Å². The van der Waals surface area contributed by atoms with Crippen molar-refractivity contribution in [1.82, 2.24) is 20.4 Å². The van der Waals surface area contributed by atoms with E-state index in [1.165, 1.54) is 25.7 Å². The van der Waals surface area contributed by atoms with E-state index in [1.807, 2.05) is 55.6 Å². The average molecular weight is 773 g/mol. The molecule has 0 bridgehead atoms. The molecule has 0 saturated carbocycles. The van der Waals surface area contributed by atoms with Gasteiger partial charge < -0.3 is 35.7 Å². The minimum atomic E-state index is -0.234. The molecule has 2 atom stereocenters. The van der Waals surface area contributed by atoms with Crippen LogP contribution in [0.3, 0.4) is 0 Å². The Morgan fingerprint density at radius 1 is 0.750 bits per heavy atom. The van der Waals surface area contributed by atoms with Gasteiger partial charge in [-0.3, -0.25) is 14.6 Å². The minimum Gasteiger partial charge on any atom is -1.00 e. The van der Waals surface area contributed by atoms with Gasteiger partial charge >= 0.3 is 18.9 Å². The second-order valence-electron chi connectivity index (χ2n) is 14.4. The van der Waals surface area contributed by atoms with Gasteiger partial charge in [-0.15, -0.1) is 0 Å². The van der Waals surface area contributed by atoms with E-state index in [-0.39, 0.29) is 88.2 Å². The number of ether oxygens (including phenoxy) is 5. The topological polar surface area (TPSA) is 93.8 Å². The molecule has 2 N–H and O–H groups in total. The number of benzene rings is 2. The molecule has 7 rings (SSSR count). The molecular weight excluding hydrogens is 706 g/mol. The maximum absolute atomic E-state index is 11.9. The van der Waals surface area contributed by atoms with Crippen LogP contribution in [0.15, 0.2) is 48.5 Å².